The molecule has 26 heavy (non-hydrogen) atoms. The number of nitrogens with zero attached hydrogens (tertiary/aromatic N) is 1. The van der Waals surface area contributed by atoms with Gasteiger partial charge in [0.1, 0.15) is 4.90 Å². The number of rotatable bonds is 6. The van der Waals surface area contributed by atoms with E-state index in [1.165, 1.54) is 37.9 Å². The van der Waals surface area contributed by atoms with E-state index in [9.17, 15) is 13.2 Å². The van der Waals surface area contributed by atoms with Gasteiger partial charge in [-0.3, -0.25) is 4.79 Å². The van der Waals surface area contributed by atoms with Gasteiger partial charge in [-0.2, -0.15) is 0 Å². The van der Waals surface area contributed by atoms with Gasteiger partial charge in [0.05, 0.1) is 5.02 Å². The predicted octanol–water partition coefficient (Wildman–Crippen LogP) is 3.05. The van der Waals surface area contributed by atoms with E-state index in [1.54, 1.807) is 0 Å². The average Bonchev–Trinajstić information content (AvgIpc) is 3.42. The standard InChI is InChI=1S/C19H21ClN2O3S/c1-22(2)26(24,25)17-12-14(8-9-16(17)20)18(23)21-13-19(10-11-19)15-6-4-3-5-7-15/h3-9,12H,10-11,13H2,1-2H3,(H,21,23). The Morgan fingerprint density at radius 3 is 2.38 bits per heavy atom. The molecule has 0 saturated heterocycles. The fraction of sp³-hybridized carbons (Fsp3) is 0.316. The van der Waals surface area contributed by atoms with Crippen LogP contribution < -0.4 is 5.32 Å². The first-order valence-corrected chi connectivity index (χ1v) is 10.1. The first-order valence-electron chi connectivity index (χ1n) is 8.32. The van der Waals surface area contributed by atoms with Crippen LogP contribution in [0.2, 0.25) is 5.02 Å². The Hall–Kier alpha value is -1.89. The van der Waals surface area contributed by atoms with Gasteiger partial charge in [0.25, 0.3) is 5.91 Å². The van der Waals surface area contributed by atoms with E-state index >= 15 is 0 Å². The average molecular weight is 393 g/mol. The van der Waals surface area contributed by atoms with Crippen molar-refractivity contribution in [3.05, 3.63) is 64.7 Å². The molecule has 1 aliphatic carbocycles. The largest absolute Gasteiger partial charge is 0.351 e. The van der Waals surface area contributed by atoms with Crippen LogP contribution in [0.5, 0.6) is 0 Å². The summed E-state index contributed by atoms with van der Waals surface area (Å²) < 4.78 is 25.8. The second-order valence-electron chi connectivity index (χ2n) is 6.76. The third kappa shape index (κ3) is 3.63. The minimum Gasteiger partial charge on any atom is -0.351 e. The molecule has 0 aromatic heterocycles. The van der Waals surface area contributed by atoms with Crippen molar-refractivity contribution < 1.29 is 13.2 Å². The second kappa shape index (κ2) is 7.02. The number of amides is 1. The monoisotopic (exact) mass is 392 g/mol. The first kappa shape index (κ1) is 18.9. The summed E-state index contributed by atoms with van der Waals surface area (Å²) in [5, 5.41) is 3.03. The molecule has 0 spiro atoms. The molecular weight excluding hydrogens is 372 g/mol. The summed E-state index contributed by atoms with van der Waals surface area (Å²) in [5.41, 5.74) is 1.48. The van der Waals surface area contributed by atoms with Crippen molar-refractivity contribution in [3.8, 4) is 0 Å². The lowest BCUT2D eigenvalue weighted by atomic mass is 9.96. The van der Waals surface area contributed by atoms with Crippen LogP contribution in [0, 0.1) is 0 Å². The van der Waals surface area contributed by atoms with E-state index in [4.69, 9.17) is 11.6 Å². The Balaban J connectivity index is 1.77. The van der Waals surface area contributed by atoms with Crippen molar-refractivity contribution in [2.75, 3.05) is 20.6 Å². The molecule has 2 aromatic carbocycles. The highest BCUT2D eigenvalue weighted by atomic mass is 35.5. The van der Waals surface area contributed by atoms with Gasteiger partial charge in [-0.15, -0.1) is 0 Å². The van der Waals surface area contributed by atoms with Crippen LogP contribution in [0.4, 0.5) is 0 Å². The summed E-state index contributed by atoms with van der Waals surface area (Å²) in [6, 6.07) is 14.4. The molecule has 1 fully saturated rings. The van der Waals surface area contributed by atoms with E-state index in [-0.39, 0.29) is 26.8 Å². The topological polar surface area (TPSA) is 66.5 Å². The van der Waals surface area contributed by atoms with Crippen LogP contribution in [0.1, 0.15) is 28.8 Å². The van der Waals surface area contributed by atoms with Crippen LogP contribution in [0.15, 0.2) is 53.4 Å². The third-order valence-corrected chi connectivity index (χ3v) is 7.08. The number of carbonyl (C=O) groups excluding carboxylic acids is 1. The maximum Gasteiger partial charge on any atom is 0.251 e. The summed E-state index contributed by atoms with van der Waals surface area (Å²) in [6.07, 6.45) is 2.05. The lowest BCUT2D eigenvalue weighted by Gasteiger charge is -2.17. The second-order valence-corrected chi connectivity index (χ2v) is 9.29. The number of benzene rings is 2. The van der Waals surface area contributed by atoms with Gasteiger partial charge in [0.2, 0.25) is 10.0 Å². The fourth-order valence-electron chi connectivity index (χ4n) is 2.90. The molecule has 3 rings (SSSR count). The van der Waals surface area contributed by atoms with Gasteiger partial charge in [-0.25, -0.2) is 12.7 Å². The van der Waals surface area contributed by atoms with Gasteiger partial charge >= 0.3 is 0 Å². The van der Waals surface area contributed by atoms with Gasteiger partial charge in [0, 0.05) is 31.6 Å². The molecule has 0 radical (unpaired) electrons. The zero-order valence-electron chi connectivity index (χ0n) is 14.7. The van der Waals surface area contributed by atoms with Crippen LogP contribution in [0.25, 0.3) is 0 Å². The van der Waals surface area contributed by atoms with E-state index in [1.807, 2.05) is 18.2 Å². The molecule has 1 aliphatic rings. The van der Waals surface area contributed by atoms with Crippen LogP contribution in [-0.2, 0) is 15.4 Å². The first-order chi connectivity index (χ1) is 12.3. The van der Waals surface area contributed by atoms with Gasteiger partial charge in [0.15, 0.2) is 0 Å². The van der Waals surface area contributed by atoms with Gasteiger partial charge < -0.3 is 5.32 Å². The molecule has 2 aromatic rings. The van der Waals surface area contributed by atoms with E-state index in [0.717, 1.165) is 17.1 Å². The molecule has 0 heterocycles. The molecule has 0 atom stereocenters. The number of nitrogens with one attached hydrogen (secondary N) is 1. The minimum absolute atomic E-state index is 0.0120. The highest BCUT2D eigenvalue weighted by molar-refractivity contribution is 7.89. The molecule has 0 aliphatic heterocycles. The van der Waals surface area contributed by atoms with Crippen molar-refractivity contribution in [1.82, 2.24) is 9.62 Å². The van der Waals surface area contributed by atoms with Crippen molar-refractivity contribution in [3.63, 3.8) is 0 Å². The molecule has 0 bridgehead atoms. The van der Waals surface area contributed by atoms with E-state index < -0.39 is 10.0 Å². The Morgan fingerprint density at radius 1 is 1.15 bits per heavy atom. The van der Waals surface area contributed by atoms with Gasteiger partial charge in [-0.05, 0) is 36.6 Å². The molecule has 0 unspecified atom stereocenters. The Bertz CT molecular complexity index is 923. The van der Waals surface area contributed by atoms with Crippen molar-refractivity contribution >= 4 is 27.5 Å². The Kier molecular flexibility index (Phi) is 5.10. The number of hydrogen-bond donors (Lipinski definition) is 1. The quantitative estimate of drug-likeness (QED) is 0.821. The maximum atomic E-state index is 12.5. The predicted molar refractivity (Wildman–Crippen MR) is 102 cm³/mol. The van der Waals surface area contributed by atoms with Crippen molar-refractivity contribution in [2.45, 2.75) is 23.2 Å². The van der Waals surface area contributed by atoms with Crippen LogP contribution >= 0.6 is 11.6 Å². The number of carbonyl (C=O) groups is 1. The Morgan fingerprint density at radius 2 is 1.81 bits per heavy atom. The molecule has 1 N–H and O–H groups in total. The molecule has 1 amide bonds. The van der Waals surface area contributed by atoms with Gasteiger partial charge in [-0.1, -0.05) is 41.9 Å². The lowest BCUT2D eigenvalue weighted by molar-refractivity contribution is 0.0949. The summed E-state index contributed by atoms with van der Waals surface area (Å²) >= 11 is 6.03. The summed E-state index contributed by atoms with van der Waals surface area (Å²) in [7, 11) is -0.865. The molecular formula is C19H21ClN2O3S. The summed E-state index contributed by atoms with van der Waals surface area (Å²) in [4.78, 5) is 12.5. The zero-order chi connectivity index (χ0) is 18.9. The normalized spacial score (nSPS) is 15.7. The fourth-order valence-corrected chi connectivity index (χ4v) is 4.29. The molecule has 5 nitrogen and oxygen atoms in total. The summed E-state index contributed by atoms with van der Waals surface area (Å²) in [5.74, 6) is -0.306. The molecule has 1 saturated carbocycles. The minimum atomic E-state index is -3.72. The van der Waals surface area contributed by atoms with Crippen LogP contribution in [-0.4, -0.2) is 39.3 Å². The van der Waals surface area contributed by atoms with E-state index in [0.29, 0.717) is 6.54 Å². The summed E-state index contributed by atoms with van der Waals surface area (Å²) in [6.45, 7) is 0.522. The molecule has 7 heteroatoms. The van der Waals surface area contributed by atoms with E-state index in [2.05, 4.69) is 17.4 Å². The van der Waals surface area contributed by atoms with Crippen molar-refractivity contribution in [1.29, 1.82) is 0 Å². The number of sulfonamides is 1. The zero-order valence-corrected chi connectivity index (χ0v) is 16.3. The van der Waals surface area contributed by atoms with Crippen LogP contribution in [0.3, 0.4) is 0 Å². The maximum absolute atomic E-state index is 12.5. The van der Waals surface area contributed by atoms with Crippen molar-refractivity contribution in [2.24, 2.45) is 0 Å². The number of hydrogen-bond acceptors (Lipinski definition) is 3. The highest BCUT2D eigenvalue weighted by Crippen LogP contribution is 2.47. The SMILES string of the molecule is CN(C)S(=O)(=O)c1cc(C(=O)NCC2(c3ccccc3)CC2)ccc1Cl. The highest BCUT2D eigenvalue weighted by Gasteiger charge is 2.44. The number of halogens is 1. The Labute approximate surface area is 159 Å². The lowest BCUT2D eigenvalue weighted by Crippen LogP contribution is -2.32. The smallest absolute Gasteiger partial charge is 0.251 e. The molecule has 138 valence electrons. The third-order valence-electron chi connectivity index (χ3n) is 4.78.